The molecule has 0 spiro atoms. The van der Waals surface area contributed by atoms with Gasteiger partial charge in [-0.15, -0.1) is 0 Å². The minimum absolute atomic E-state index is 0.00599. The van der Waals surface area contributed by atoms with E-state index < -0.39 is 0 Å². The largest absolute Gasteiger partial charge is 0.349 e. The van der Waals surface area contributed by atoms with Crippen LogP contribution in [0.2, 0.25) is 0 Å². The summed E-state index contributed by atoms with van der Waals surface area (Å²) in [6, 6.07) is 11.7. The Balaban J connectivity index is 1.16. The fourth-order valence-corrected chi connectivity index (χ4v) is 4.86. The molecule has 7 nitrogen and oxygen atoms in total. The van der Waals surface area contributed by atoms with Gasteiger partial charge in [0.15, 0.2) is 0 Å². The summed E-state index contributed by atoms with van der Waals surface area (Å²) in [6.45, 7) is 3.66. The number of nitrogens with zero attached hydrogens (tertiary/aromatic N) is 2. The Hall–Kier alpha value is -2.93. The van der Waals surface area contributed by atoms with Crippen molar-refractivity contribution in [3.63, 3.8) is 0 Å². The molecular weight excluding hydrogens is 404 g/mol. The van der Waals surface area contributed by atoms with Gasteiger partial charge in [0.2, 0.25) is 11.5 Å². The van der Waals surface area contributed by atoms with Crippen LogP contribution in [0.1, 0.15) is 53.1 Å². The lowest BCUT2D eigenvalue weighted by molar-refractivity contribution is -0.122. The average molecular weight is 437 g/mol. The molecule has 1 saturated carbocycles. The number of amides is 2. The topological polar surface area (TPSA) is 83.4 Å². The molecule has 1 aromatic heterocycles. The number of pyridine rings is 1. The highest BCUT2D eigenvalue weighted by atomic mass is 16.2. The standard InChI is InChI=1S/C25H32N4O3/c1-17-4-3-5-19(12-17)25(32)26-13-23(30)27-21-15-29(16-21)22-9-6-18(7-10-22)20-8-11-24(31)28(2)14-20/h3-5,8,11-12,14,18,21-22H,6-7,9-10,13,15-16H2,1-2H3,(H,26,32)(H,27,30)/t18-,22+. The van der Waals surface area contributed by atoms with Gasteiger partial charge in [0.25, 0.3) is 5.91 Å². The Bertz CT molecular complexity index is 1030. The maximum atomic E-state index is 12.2. The molecule has 2 N–H and O–H groups in total. The average Bonchev–Trinajstić information content (AvgIpc) is 2.76. The molecule has 2 amide bonds. The Kier molecular flexibility index (Phi) is 6.74. The molecule has 2 fully saturated rings. The van der Waals surface area contributed by atoms with Crippen molar-refractivity contribution in [1.29, 1.82) is 0 Å². The van der Waals surface area contributed by atoms with Gasteiger partial charge in [-0.2, -0.15) is 0 Å². The first-order valence-corrected chi connectivity index (χ1v) is 11.4. The Morgan fingerprint density at radius 1 is 1.06 bits per heavy atom. The van der Waals surface area contributed by atoms with E-state index in [-0.39, 0.29) is 30.0 Å². The van der Waals surface area contributed by atoms with E-state index in [1.807, 2.05) is 37.4 Å². The summed E-state index contributed by atoms with van der Waals surface area (Å²) in [5, 5.41) is 5.72. The minimum atomic E-state index is -0.227. The van der Waals surface area contributed by atoms with Crippen LogP contribution in [0.15, 0.2) is 47.4 Å². The predicted octanol–water partition coefficient (Wildman–Crippen LogP) is 1.95. The van der Waals surface area contributed by atoms with Gasteiger partial charge in [0.1, 0.15) is 0 Å². The van der Waals surface area contributed by atoms with Gasteiger partial charge in [-0.25, -0.2) is 0 Å². The quantitative estimate of drug-likeness (QED) is 0.725. The van der Waals surface area contributed by atoms with Gasteiger partial charge < -0.3 is 15.2 Å². The Labute approximate surface area is 188 Å². The monoisotopic (exact) mass is 436 g/mol. The molecule has 170 valence electrons. The Morgan fingerprint density at radius 2 is 1.81 bits per heavy atom. The number of aromatic nitrogens is 1. The molecule has 2 heterocycles. The van der Waals surface area contributed by atoms with E-state index in [1.165, 1.54) is 5.56 Å². The van der Waals surface area contributed by atoms with E-state index in [1.54, 1.807) is 23.7 Å². The molecule has 2 aromatic rings. The van der Waals surface area contributed by atoms with Gasteiger partial charge >= 0.3 is 0 Å². The zero-order valence-electron chi connectivity index (χ0n) is 18.8. The molecule has 32 heavy (non-hydrogen) atoms. The second-order valence-corrected chi connectivity index (χ2v) is 9.19. The molecule has 0 radical (unpaired) electrons. The first-order chi connectivity index (χ1) is 15.4. The molecule has 1 saturated heterocycles. The van der Waals surface area contributed by atoms with Gasteiger partial charge in [-0.3, -0.25) is 19.3 Å². The minimum Gasteiger partial charge on any atom is -0.349 e. The highest BCUT2D eigenvalue weighted by molar-refractivity contribution is 5.96. The predicted molar refractivity (Wildman–Crippen MR) is 124 cm³/mol. The van der Waals surface area contributed by atoms with Crippen LogP contribution in [0.3, 0.4) is 0 Å². The lowest BCUT2D eigenvalue weighted by atomic mass is 9.81. The summed E-state index contributed by atoms with van der Waals surface area (Å²) < 4.78 is 1.66. The molecule has 0 unspecified atom stereocenters. The molecule has 1 aromatic carbocycles. The lowest BCUT2D eigenvalue weighted by Crippen LogP contribution is -2.63. The van der Waals surface area contributed by atoms with Crippen LogP contribution < -0.4 is 16.2 Å². The number of nitrogens with one attached hydrogen (secondary N) is 2. The number of carbonyl (C=O) groups is 2. The van der Waals surface area contributed by atoms with E-state index >= 15 is 0 Å². The van der Waals surface area contributed by atoms with Gasteiger partial charge in [-0.1, -0.05) is 23.8 Å². The van der Waals surface area contributed by atoms with Gasteiger partial charge in [0.05, 0.1) is 12.6 Å². The molecule has 2 aliphatic rings. The summed E-state index contributed by atoms with van der Waals surface area (Å²) in [5.41, 5.74) is 2.87. The third-order valence-electron chi connectivity index (χ3n) is 6.76. The molecule has 1 aliphatic carbocycles. The Morgan fingerprint density at radius 3 is 2.50 bits per heavy atom. The van der Waals surface area contributed by atoms with Crippen LogP contribution in [-0.4, -0.2) is 53.0 Å². The molecule has 4 rings (SSSR count). The highest BCUT2D eigenvalue weighted by Crippen LogP contribution is 2.35. The van der Waals surface area contributed by atoms with Crippen molar-refractivity contribution in [3.05, 3.63) is 69.6 Å². The van der Waals surface area contributed by atoms with Crippen LogP contribution in [0.4, 0.5) is 0 Å². The first-order valence-electron chi connectivity index (χ1n) is 11.4. The van der Waals surface area contributed by atoms with Crippen molar-refractivity contribution >= 4 is 11.8 Å². The smallest absolute Gasteiger partial charge is 0.251 e. The normalized spacial score (nSPS) is 21.6. The van der Waals surface area contributed by atoms with Crippen molar-refractivity contribution in [3.8, 4) is 0 Å². The lowest BCUT2D eigenvalue weighted by Gasteiger charge is -2.46. The third-order valence-corrected chi connectivity index (χ3v) is 6.76. The van der Waals surface area contributed by atoms with Crippen molar-refractivity contribution in [2.45, 2.75) is 50.6 Å². The number of rotatable bonds is 6. The summed E-state index contributed by atoms with van der Waals surface area (Å²) in [7, 11) is 1.81. The van der Waals surface area contributed by atoms with Crippen LogP contribution in [-0.2, 0) is 11.8 Å². The maximum Gasteiger partial charge on any atom is 0.251 e. The summed E-state index contributed by atoms with van der Waals surface area (Å²) >= 11 is 0. The van der Waals surface area contributed by atoms with Crippen molar-refractivity contribution < 1.29 is 9.59 Å². The van der Waals surface area contributed by atoms with Crippen LogP contribution in [0.5, 0.6) is 0 Å². The first kappa shape index (κ1) is 22.3. The van der Waals surface area contributed by atoms with Crippen molar-refractivity contribution in [1.82, 2.24) is 20.1 Å². The van der Waals surface area contributed by atoms with Gasteiger partial charge in [0, 0.05) is 44.0 Å². The number of likely N-dealkylation sites (tertiary alicyclic amines) is 1. The number of benzene rings is 1. The molecule has 0 bridgehead atoms. The summed E-state index contributed by atoms with van der Waals surface area (Å²) in [5.74, 6) is 0.148. The van der Waals surface area contributed by atoms with Crippen LogP contribution in [0.25, 0.3) is 0 Å². The maximum absolute atomic E-state index is 12.2. The van der Waals surface area contributed by atoms with E-state index in [0.717, 1.165) is 44.3 Å². The molecule has 0 atom stereocenters. The van der Waals surface area contributed by atoms with Crippen LogP contribution >= 0.6 is 0 Å². The molecule has 7 heteroatoms. The fraction of sp³-hybridized carbons (Fsp3) is 0.480. The molecular formula is C25H32N4O3. The van der Waals surface area contributed by atoms with Gasteiger partial charge in [-0.05, 0) is 56.2 Å². The second kappa shape index (κ2) is 9.69. The van der Waals surface area contributed by atoms with E-state index in [9.17, 15) is 14.4 Å². The van der Waals surface area contributed by atoms with E-state index in [0.29, 0.717) is 17.5 Å². The second-order valence-electron chi connectivity index (χ2n) is 9.19. The SMILES string of the molecule is Cc1cccc(C(=O)NCC(=O)NC2CN([C@H]3CC[C@@H](c4ccc(=O)n(C)c4)CC3)C2)c1. The fourth-order valence-electron chi connectivity index (χ4n) is 4.86. The third kappa shape index (κ3) is 5.27. The van der Waals surface area contributed by atoms with Crippen LogP contribution in [0, 0.1) is 6.92 Å². The number of aryl methyl sites for hydroxylation is 2. The van der Waals surface area contributed by atoms with Crippen molar-refractivity contribution in [2.24, 2.45) is 7.05 Å². The summed E-state index contributed by atoms with van der Waals surface area (Å²) in [4.78, 5) is 38.4. The highest BCUT2D eigenvalue weighted by Gasteiger charge is 2.35. The summed E-state index contributed by atoms with van der Waals surface area (Å²) in [6.07, 6.45) is 6.50. The zero-order chi connectivity index (χ0) is 22.7. The number of carbonyl (C=O) groups excluding carboxylic acids is 2. The number of hydrogen-bond acceptors (Lipinski definition) is 4. The van der Waals surface area contributed by atoms with E-state index in [4.69, 9.17) is 0 Å². The molecule has 1 aliphatic heterocycles. The number of hydrogen-bond donors (Lipinski definition) is 2. The zero-order valence-corrected chi connectivity index (χ0v) is 18.8. The van der Waals surface area contributed by atoms with Crippen molar-refractivity contribution in [2.75, 3.05) is 19.6 Å². The van der Waals surface area contributed by atoms with E-state index in [2.05, 4.69) is 15.5 Å².